The summed E-state index contributed by atoms with van der Waals surface area (Å²) in [5, 5.41) is 2.36. The number of furan rings is 1. The van der Waals surface area contributed by atoms with Gasteiger partial charge >= 0.3 is 12.8 Å². The molecule has 0 spiro atoms. The second kappa shape index (κ2) is 7.71. The normalized spacial score (nSPS) is 11.5. The lowest BCUT2D eigenvalue weighted by Gasteiger charge is -2.10. The summed E-state index contributed by atoms with van der Waals surface area (Å²) in [7, 11) is 0. The molecule has 3 rings (SSSR count). The van der Waals surface area contributed by atoms with E-state index in [0.29, 0.717) is 0 Å². The fourth-order valence-corrected chi connectivity index (χ4v) is 2.42. The number of carbonyl (C=O) groups excluding carboxylic acids is 1. The number of benzene rings is 2. The van der Waals surface area contributed by atoms with Gasteiger partial charge in [-0.15, -0.1) is 0 Å². The first-order valence-corrected chi connectivity index (χ1v) is 7.86. The number of ether oxygens (including phenoxy) is 1. The van der Waals surface area contributed by atoms with Crippen LogP contribution in [0.25, 0.3) is 11.3 Å². The van der Waals surface area contributed by atoms with Gasteiger partial charge in [-0.25, -0.2) is 0 Å². The van der Waals surface area contributed by atoms with E-state index in [1.807, 2.05) is 0 Å². The molecule has 0 unspecified atom stereocenters. The molecule has 0 aliphatic carbocycles. The second-order valence-corrected chi connectivity index (χ2v) is 5.57. The molecule has 1 N–H and O–H groups in total. The average molecular weight is 397 g/mol. The SMILES string of the molecule is O=C(Nc1ccccc1OC(F)F)c1ccc(-c2cccc(C(F)(F)F)c2)o1. The molecule has 2 aromatic carbocycles. The van der Waals surface area contributed by atoms with Crippen molar-refractivity contribution in [3.63, 3.8) is 0 Å². The van der Waals surface area contributed by atoms with E-state index >= 15 is 0 Å². The molecule has 1 aromatic heterocycles. The van der Waals surface area contributed by atoms with Gasteiger partial charge in [0.05, 0.1) is 11.3 Å². The first kappa shape index (κ1) is 19.4. The maximum atomic E-state index is 12.8. The highest BCUT2D eigenvalue weighted by molar-refractivity contribution is 6.03. The lowest BCUT2D eigenvalue weighted by Crippen LogP contribution is -2.13. The van der Waals surface area contributed by atoms with Gasteiger partial charge in [-0.1, -0.05) is 24.3 Å². The highest BCUT2D eigenvalue weighted by Gasteiger charge is 2.30. The van der Waals surface area contributed by atoms with Crippen molar-refractivity contribution in [2.24, 2.45) is 0 Å². The summed E-state index contributed by atoms with van der Waals surface area (Å²) in [5.41, 5.74) is -0.731. The molecule has 0 bridgehead atoms. The van der Waals surface area contributed by atoms with E-state index in [1.54, 1.807) is 0 Å². The molecule has 0 radical (unpaired) electrons. The Morgan fingerprint density at radius 1 is 1.00 bits per heavy atom. The van der Waals surface area contributed by atoms with Crippen LogP contribution in [0.5, 0.6) is 5.75 Å². The number of hydrogen-bond donors (Lipinski definition) is 1. The number of carbonyl (C=O) groups is 1. The summed E-state index contributed by atoms with van der Waals surface area (Å²) in [5.74, 6) is -1.17. The predicted molar refractivity (Wildman–Crippen MR) is 90.2 cm³/mol. The van der Waals surface area contributed by atoms with Gasteiger partial charge in [-0.05, 0) is 36.4 Å². The number of hydrogen-bond acceptors (Lipinski definition) is 3. The Hall–Kier alpha value is -3.36. The van der Waals surface area contributed by atoms with Gasteiger partial charge in [0.1, 0.15) is 11.5 Å². The number of halogens is 5. The molecule has 0 fully saturated rings. The molecule has 146 valence electrons. The van der Waals surface area contributed by atoms with E-state index in [-0.39, 0.29) is 28.5 Å². The van der Waals surface area contributed by atoms with Crippen molar-refractivity contribution in [2.75, 3.05) is 5.32 Å². The summed E-state index contributed by atoms with van der Waals surface area (Å²) >= 11 is 0. The molecule has 1 heterocycles. The van der Waals surface area contributed by atoms with Gasteiger partial charge in [-0.2, -0.15) is 22.0 Å². The fourth-order valence-electron chi connectivity index (χ4n) is 2.42. The van der Waals surface area contributed by atoms with E-state index in [1.165, 1.54) is 48.5 Å². The summed E-state index contributed by atoms with van der Waals surface area (Å²) in [6, 6.07) is 12.6. The van der Waals surface area contributed by atoms with Crippen LogP contribution in [0.2, 0.25) is 0 Å². The van der Waals surface area contributed by atoms with Crippen LogP contribution in [0, 0.1) is 0 Å². The van der Waals surface area contributed by atoms with Crippen molar-refractivity contribution in [2.45, 2.75) is 12.8 Å². The van der Waals surface area contributed by atoms with E-state index in [9.17, 15) is 26.7 Å². The van der Waals surface area contributed by atoms with E-state index < -0.39 is 24.3 Å². The molecule has 0 aliphatic heterocycles. The minimum Gasteiger partial charge on any atom is -0.451 e. The zero-order chi connectivity index (χ0) is 20.3. The van der Waals surface area contributed by atoms with Crippen molar-refractivity contribution in [3.05, 3.63) is 72.0 Å². The monoisotopic (exact) mass is 397 g/mol. The van der Waals surface area contributed by atoms with Crippen LogP contribution in [0.4, 0.5) is 27.6 Å². The van der Waals surface area contributed by atoms with Crippen molar-refractivity contribution in [1.29, 1.82) is 0 Å². The molecule has 3 aromatic rings. The Labute approximate surface area is 155 Å². The van der Waals surface area contributed by atoms with Gasteiger partial charge in [0.15, 0.2) is 5.76 Å². The van der Waals surface area contributed by atoms with Crippen LogP contribution in [0.3, 0.4) is 0 Å². The van der Waals surface area contributed by atoms with Crippen LogP contribution < -0.4 is 10.1 Å². The quantitative estimate of drug-likeness (QED) is 0.552. The highest BCUT2D eigenvalue weighted by atomic mass is 19.4. The van der Waals surface area contributed by atoms with Crippen LogP contribution in [0.15, 0.2) is 65.1 Å². The van der Waals surface area contributed by atoms with Crippen molar-refractivity contribution >= 4 is 11.6 Å². The first-order valence-electron chi connectivity index (χ1n) is 7.86. The largest absolute Gasteiger partial charge is 0.451 e. The average Bonchev–Trinajstić information content (AvgIpc) is 3.13. The van der Waals surface area contributed by atoms with Crippen LogP contribution in [-0.4, -0.2) is 12.5 Å². The summed E-state index contributed by atoms with van der Waals surface area (Å²) in [6.45, 7) is -3.07. The van der Waals surface area contributed by atoms with E-state index in [4.69, 9.17) is 4.42 Å². The third-order valence-electron chi connectivity index (χ3n) is 3.66. The molecule has 0 saturated carbocycles. The van der Waals surface area contributed by atoms with Crippen LogP contribution in [-0.2, 0) is 6.18 Å². The van der Waals surface area contributed by atoms with Crippen LogP contribution in [0.1, 0.15) is 16.1 Å². The van der Waals surface area contributed by atoms with Crippen molar-refractivity contribution in [3.8, 4) is 17.1 Å². The number of alkyl halides is 5. The first-order chi connectivity index (χ1) is 13.2. The lowest BCUT2D eigenvalue weighted by molar-refractivity contribution is -0.137. The molecule has 9 heteroatoms. The van der Waals surface area contributed by atoms with Crippen molar-refractivity contribution < 1.29 is 35.9 Å². The number of amides is 1. The van der Waals surface area contributed by atoms with Crippen molar-refractivity contribution in [1.82, 2.24) is 0 Å². The second-order valence-electron chi connectivity index (χ2n) is 5.57. The predicted octanol–water partition coefficient (Wildman–Crippen LogP) is 5.82. The lowest BCUT2D eigenvalue weighted by atomic mass is 10.1. The number of rotatable bonds is 5. The Morgan fingerprint density at radius 2 is 1.75 bits per heavy atom. The Balaban J connectivity index is 1.81. The van der Waals surface area contributed by atoms with E-state index in [0.717, 1.165) is 12.1 Å². The Bertz CT molecular complexity index is 981. The topological polar surface area (TPSA) is 51.5 Å². The molecular formula is C19H12F5NO3. The van der Waals surface area contributed by atoms with Gasteiger partial charge < -0.3 is 14.5 Å². The molecule has 4 nitrogen and oxygen atoms in total. The minimum absolute atomic E-state index is 0.00943. The van der Waals surface area contributed by atoms with Gasteiger partial charge in [0, 0.05) is 5.56 Å². The zero-order valence-electron chi connectivity index (χ0n) is 14.0. The standard InChI is InChI=1S/C19H12F5NO3/c20-18(21)28-15-7-2-1-6-13(15)25-17(26)16-9-8-14(27-16)11-4-3-5-12(10-11)19(22,23)24/h1-10,18H,(H,25,26). The van der Waals surface area contributed by atoms with E-state index in [2.05, 4.69) is 10.1 Å². The molecule has 0 aliphatic rings. The molecule has 0 saturated heterocycles. The Morgan fingerprint density at radius 3 is 2.46 bits per heavy atom. The maximum absolute atomic E-state index is 12.8. The number of anilines is 1. The smallest absolute Gasteiger partial charge is 0.416 e. The van der Waals surface area contributed by atoms with Gasteiger partial charge in [0.2, 0.25) is 0 Å². The number of nitrogens with one attached hydrogen (secondary N) is 1. The zero-order valence-corrected chi connectivity index (χ0v) is 14.0. The molecule has 1 amide bonds. The minimum atomic E-state index is -4.52. The summed E-state index contributed by atoms with van der Waals surface area (Å²) in [6.07, 6.45) is -4.52. The number of para-hydroxylation sites is 2. The van der Waals surface area contributed by atoms with Gasteiger partial charge in [0.25, 0.3) is 5.91 Å². The summed E-state index contributed by atoms with van der Waals surface area (Å²) in [4.78, 5) is 12.3. The Kier molecular flexibility index (Phi) is 5.34. The summed E-state index contributed by atoms with van der Waals surface area (Å²) < 4.78 is 73.0. The highest BCUT2D eigenvalue weighted by Crippen LogP contribution is 2.33. The third kappa shape index (κ3) is 4.48. The third-order valence-corrected chi connectivity index (χ3v) is 3.66. The maximum Gasteiger partial charge on any atom is 0.416 e. The van der Waals surface area contributed by atoms with Gasteiger partial charge in [-0.3, -0.25) is 4.79 Å². The molecular weight excluding hydrogens is 385 g/mol. The fraction of sp³-hybridized carbons (Fsp3) is 0.105. The van der Waals surface area contributed by atoms with Crippen LogP contribution >= 0.6 is 0 Å². The molecule has 0 atom stereocenters. The molecule has 28 heavy (non-hydrogen) atoms.